The third kappa shape index (κ3) is 3.17. The Balaban J connectivity index is 1.43. The topological polar surface area (TPSA) is 79.7 Å². The fraction of sp³-hybridized carbons (Fsp3) is 0.182. The van der Waals surface area contributed by atoms with Gasteiger partial charge in [-0.25, -0.2) is 9.67 Å². The Hall–Kier alpha value is -3.45. The number of aromatic amines is 1. The lowest BCUT2D eigenvalue weighted by Gasteiger charge is -2.27. The van der Waals surface area contributed by atoms with Gasteiger partial charge >= 0.3 is 0 Å². The summed E-state index contributed by atoms with van der Waals surface area (Å²) in [5, 5.41) is 12.7. The van der Waals surface area contributed by atoms with Gasteiger partial charge < -0.3 is 4.90 Å². The monoisotopic (exact) mass is 418 g/mol. The van der Waals surface area contributed by atoms with E-state index in [0.717, 1.165) is 34.6 Å². The molecule has 150 valence electrons. The van der Waals surface area contributed by atoms with E-state index in [1.807, 2.05) is 54.3 Å². The number of carbonyl (C=O) groups excluding carboxylic acids is 1. The number of rotatable bonds is 3. The minimum absolute atomic E-state index is 0.0383. The van der Waals surface area contributed by atoms with Crippen LogP contribution in [0.5, 0.6) is 0 Å². The van der Waals surface area contributed by atoms with E-state index < -0.39 is 0 Å². The number of H-pyrrole nitrogens is 1. The largest absolute Gasteiger partial charge is 0.334 e. The average Bonchev–Trinajstić information content (AvgIpc) is 3.37. The molecule has 8 heteroatoms. The first-order valence-electron chi connectivity index (χ1n) is 9.69. The normalized spacial score (nSPS) is 13.3. The van der Waals surface area contributed by atoms with Crippen LogP contribution in [0.2, 0.25) is 5.02 Å². The van der Waals surface area contributed by atoms with Crippen molar-refractivity contribution in [3.05, 3.63) is 82.4 Å². The highest BCUT2D eigenvalue weighted by molar-refractivity contribution is 6.30. The number of hydrogen-bond acceptors (Lipinski definition) is 4. The van der Waals surface area contributed by atoms with Crippen LogP contribution in [0.1, 0.15) is 27.3 Å². The van der Waals surface area contributed by atoms with Crippen molar-refractivity contribution in [3.63, 3.8) is 0 Å². The highest BCUT2D eigenvalue weighted by atomic mass is 35.5. The van der Waals surface area contributed by atoms with Gasteiger partial charge in [-0.2, -0.15) is 10.2 Å². The Kier molecular flexibility index (Phi) is 4.59. The molecule has 0 aliphatic carbocycles. The first-order valence-corrected chi connectivity index (χ1v) is 10.1. The van der Waals surface area contributed by atoms with Crippen LogP contribution < -0.4 is 0 Å². The number of aromatic nitrogens is 5. The number of nitrogens with zero attached hydrogens (tertiary/aromatic N) is 5. The number of hydrogen-bond donors (Lipinski definition) is 1. The van der Waals surface area contributed by atoms with Gasteiger partial charge in [0.1, 0.15) is 0 Å². The maximum Gasteiger partial charge on any atom is 0.257 e. The summed E-state index contributed by atoms with van der Waals surface area (Å²) in [6.45, 7) is 3.01. The van der Waals surface area contributed by atoms with Crippen molar-refractivity contribution in [2.75, 3.05) is 6.54 Å². The van der Waals surface area contributed by atoms with E-state index in [-0.39, 0.29) is 5.91 Å². The first-order chi connectivity index (χ1) is 14.6. The second-order valence-corrected chi connectivity index (χ2v) is 7.69. The van der Waals surface area contributed by atoms with Crippen LogP contribution in [0.25, 0.3) is 17.1 Å². The van der Waals surface area contributed by atoms with E-state index in [1.54, 1.807) is 17.1 Å². The number of fused-ring (bicyclic) bond motifs is 1. The summed E-state index contributed by atoms with van der Waals surface area (Å²) in [4.78, 5) is 19.5. The molecule has 4 heterocycles. The molecule has 0 saturated heterocycles. The Labute approximate surface area is 178 Å². The summed E-state index contributed by atoms with van der Waals surface area (Å²) in [5.41, 5.74) is 5.32. The molecule has 0 atom stereocenters. The predicted octanol–water partition coefficient (Wildman–Crippen LogP) is 3.82. The lowest BCUT2D eigenvalue weighted by Crippen LogP contribution is -2.36. The molecule has 1 aliphatic rings. The summed E-state index contributed by atoms with van der Waals surface area (Å²) in [5.74, 6) is 0.651. The molecule has 0 unspecified atom stereocenters. The van der Waals surface area contributed by atoms with Crippen LogP contribution in [0.3, 0.4) is 0 Å². The lowest BCUT2D eigenvalue weighted by molar-refractivity contribution is 0.0734. The molecule has 0 radical (unpaired) electrons. The van der Waals surface area contributed by atoms with Gasteiger partial charge in [0, 0.05) is 47.6 Å². The molecular formula is C22H19ClN6O. The van der Waals surface area contributed by atoms with Gasteiger partial charge in [-0.1, -0.05) is 29.8 Å². The summed E-state index contributed by atoms with van der Waals surface area (Å²) in [7, 11) is 0. The number of amides is 1. The van der Waals surface area contributed by atoms with Crippen molar-refractivity contribution in [2.45, 2.75) is 19.9 Å². The zero-order chi connectivity index (χ0) is 20.7. The zero-order valence-electron chi connectivity index (χ0n) is 16.3. The Morgan fingerprint density at radius 2 is 2.00 bits per heavy atom. The summed E-state index contributed by atoms with van der Waals surface area (Å²) in [6.07, 6.45) is 4.06. The van der Waals surface area contributed by atoms with E-state index in [9.17, 15) is 4.79 Å². The number of pyridine rings is 1. The molecule has 5 rings (SSSR count). The van der Waals surface area contributed by atoms with Gasteiger partial charge in [-0.3, -0.25) is 9.89 Å². The van der Waals surface area contributed by atoms with Crippen LogP contribution >= 0.6 is 11.6 Å². The highest BCUT2D eigenvalue weighted by Crippen LogP contribution is 2.30. The summed E-state index contributed by atoms with van der Waals surface area (Å²) < 4.78 is 1.69. The van der Waals surface area contributed by atoms with Gasteiger partial charge in [0.25, 0.3) is 5.91 Å². The highest BCUT2D eigenvalue weighted by Gasteiger charge is 2.28. The summed E-state index contributed by atoms with van der Waals surface area (Å²) >= 11 is 6.02. The molecule has 4 aromatic rings. The maximum atomic E-state index is 13.3. The fourth-order valence-electron chi connectivity index (χ4n) is 3.81. The fourth-order valence-corrected chi connectivity index (χ4v) is 3.94. The Morgan fingerprint density at radius 3 is 2.77 bits per heavy atom. The number of halogens is 1. The van der Waals surface area contributed by atoms with Crippen molar-refractivity contribution in [1.82, 2.24) is 29.9 Å². The number of benzene rings is 1. The van der Waals surface area contributed by atoms with Gasteiger partial charge in [0.2, 0.25) is 0 Å². The minimum Gasteiger partial charge on any atom is -0.334 e. The van der Waals surface area contributed by atoms with E-state index in [1.165, 1.54) is 0 Å². The minimum atomic E-state index is -0.0383. The van der Waals surface area contributed by atoms with Crippen LogP contribution in [0.4, 0.5) is 0 Å². The molecule has 0 spiro atoms. The van der Waals surface area contributed by atoms with Crippen LogP contribution in [-0.4, -0.2) is 42.3 Å². The lowest BCUT2D eigenvalue weighted by atomic mass is 10.0. The first kappa shape index (κ1) is 18.6. The second-order valence-electron chi connectivity index (χ2n) is 7.26. The van der Waals surface area contributed by atoms with Gasteiger partial charge in [-0.15, -0.1) is 0 Å². The second kappa shape index (κ2) is 7.42. The Morgan fingerprint density at radius 1 is 1.17 bits per heavy atom. The van der Waals surface area contributed by atoms with Gasteiger partial charge in [0.15, 0.2) is 5.82 Å². The average molecular weight is 419 g/mol. The van der Waals surface area contributed by atoms with Crippen LogP contribution in [0.15, 0.2) is 54.9 Å². The maximum absolute atomic E-state index is 13.3. The zero-order valence-corrected chi connectivity index (χ0v) is 17.1. The molecule has 1 N–H and O–H groups in total. The molecule has 0 fully saturated rings. The third-order valence-corrected chi connectivity index (χ3v) is 5.70. The molecule has 1 aromatic carbocycles. The number of nitrogens with one attached hydrogen (secondary N) is 1. The molecule has 1 amide bonds. The van der Waals surface area contributed by atoms with E-state index in [4.69, 9.17) is 11.6 Å². The van der Waals surface area contributed by atoms with E-state index in [0.29, 0.717) is 29.5 Å². The predicted molar refractivity (Wildman–Crippen MR) is 114 cm³/mol. The molecular weight excluding hydrogens is 400 g/mol. The van der Waals surface area contributed by atoms with E-state index in [2.05, 4.69) is 20.3 Å². The van der Waals surface area contributed by atoms with Crippen molar-refractivity contribution in [1.29, 1.82) is 0 Å². The number of carbonyl (C=O) groups is 1. The molecule has 0 saturated carbocycles. The van der Waals surface area contributed by atoms with Crippen molar-refractivity contribution in [3.8, 4) is 17.1 Å². The standard InChI is InChI=1S/C22H19ClN6O/c1-14-17(12-25-29(14)20-4-2-3-10-24-20)22(30)28-11-9-19-18(13-28)21(27-26-19)15-5-7-16(23)8-6-15/h2-8,10,12H,9,11,13H2,1H3,(H,26,27). The molecule has 1 aliphatic heterocycles. The quantitative estimate of drug-likeness (QED) is 0.548. The summed E-state index contributed by atoms with van der Waals surface area (Å²) in [6, 6.07) is 13.2. The van der Waals surface area contributed by atoms with Crippen molar-refractivity contribution in [2.24, 2.45) is 0 Å². The smallest absolute Gasteiger partial charge is 0.257 e. The SMILES string of the molecule is Cc1c(C(=O)N2CCc3[nH]nc(-c4ccc(Cl)cc4)c3C2)cnn1-c1ccccn1. The molecule has 3 aromatic heterocycles. The molecule has 30 heavy (non-hydrogen) atoms. The van der Waals surface area contributed by atoms with Crippen LogP contribution in [0, 0.1) is 6.92 Å². The van der Waals surface area contributed by atoms with Crippen LogP contribution in [-0.2, 0) is 13.0 Å². The Bertz CT molecular complexity index is 1210. The van der Waals surface area contributed by atoms with Gasteiger partial charge in [0.05, 0.1) is 23.1 Å². The van der Waals surface area contributed by atoms with Gasteiger partial charge in [-0.05, 0) is 31.2 Å². The van der Waals surface area contributed by atoms with Crippen molar-refractivity contribution >= 4 is 17.5 Å². The van der Waals surface area contributed by atoms with E-state index >= 15 is 0 Å². The third-order valence-electron chi connectivity index (χ3n) is 5.44. The van der Waals surface area contributed by atoms with Crippen molar-refractivity contribution < 1.29 is 4.79 Å². The molecule has 0 bridgehead atoms. The molecule has 7 nitrogen and oxygen atoms in total.